The molecular formula is C48H32N2O. The van der Waals surface area contributed by atoms with Gasteiger partial charge in [0.05, 0.1) is 16.7 Å². The number of aromatic nitrogens is 1. The third-order valence-corrected chi connectivity index (χ3v) is 10.1. The topological polar surface area (TPSA) is 21.3 Å². The number of hydrogen-bond donors (Lipinski definition) is 0. The average molecular weight is 653 g/mol. The van der Waals surface area contributed by atoms with Crippen LogP contribution in [0.4, 0.5) is 11.4 Å². The maximum absolute atomic E-state index is 6.35. The summed E-state index contributed by atoms with van der Waals surface area (Å²) in [7, 11) is 0. The number of hydrogen-bond acceptors (Lipinski definition) is 2. The summed E-state index contributed by atoms with van der Waals surface area (Å²) in [5, 5.41) is 4.75. The van der Waals surface area contributed by atoms with Gasteiger partial charge in [-0.15, -0.1) is 0 Å². The number of rotatable bonds is 4. The van der Waals surface area contributed by atoms with Gasteiger partial charge in [0.25, 0.3) is 0 Å². The summed E-state index contributed by atoms with van der Waals surface area (Å²) in [6.07, 6.45) is 8.35. The first-order valence-electron chi connectivity index (χ1n) is 17.3. The van der Waals surface area contributed by atoms with Crippen molar-refractivity contribution >= 4 is 60.7 Å². The molecule has 7 aromatic carbocycles. The van der Waals surface area contributed by atoms with Crippen LogP contribution in [-0.4, -0.2) is 4.57 Å². The van der Waals surface area contributed by atoms with Crippen LogP contribution >= 0.6 is 0 Å². The van der Waals surface area contributed by atoms with Gasteiger partial charge in [-0.05, 0) is 89.0 Å². The first kappa shape index (κ1) is 29.1. The predicted octanol–water partition coefficient (Wildman–Crippen LogP) is 13.3. The molecule has 0 fully saturated rings. The van der Waals surface area contributed by atoms with E-state index < -0.39 is 0 Å². The van der Waals surface area contributed by atoms with Crippen molar-refractivity contribution in [3.63, 3.8) is 0 Å². The molecule has 10 rings (SSSR count). The summed E-state index contributed by atoms with van der Waals surface area (Å²) >= 11 is 0. The molecular weight excluding hydrogens is 621 g/mol. The molecule has 1 aliphatic rings. The predicted molar refractivity (Wildman–Crippen MR) is 215 cm³/mol. The van der Waals surface area contributed by atoms with Gasteiger partial charge in [0.1, 0.15) is 11.2 Å². The summed E-state index contributed by atoms with van der Waals surface area (Å²) in [5.74, 6) is 0. The Balaban J connectivity index is 1.04. The number of nitrogens with zero attached hydrogens (tertiary/aromatic N) is 2. The lowest BCUT2D eigenvalue weighted by molar-refractivity contribution is 0.670. The van der Waals surface area contributed by atoms with Gasteiger partial charge in [0.2, 0.25) is 0 Å². The van der Waals surface area contributed by atoms with Gasteiger partial charge in [-0.25, -0.2) is 0 Å². The smallest absolute Gasteiger partial charge is 0.143 e. The lowest BCUT2D eigenvalue weighted by Crippen LogP contribution is -2.11. The molecule has 0 saturated heterocycles. The second kappa shape index (κ2) is 11.6. The van der Waals surface area contributed by atoms with Crippen molar-refractivity contribution in [1.82, 2.24) is 4.57 Å². The number of furan rings is 1. The number of anilines is 2. The molecule has 9 aromatic rings. The number of allylic oxidation sites excluding steroid dienone is 4. The molecule has 0 saturated carbocycles. The summed E-state index contributed by atoms with van der Waals surface area (Å²) in [6, 6.07) is 56.2. The third kappa shape index (κ3) is 4.74. The highest BCUT2D eigenvalue weighted by Gasteiger charge is 2.18. The first-order chi connectivity index (χ1) is 25.2. The van der Waals surface area contributed by atoms with E-state index in [0.717, 1.165) is 66.8 Å². The Bertz CT molecular complexity index is 2870. The Hall–Kier alpha value is -6.84. The van der Waals surface area contributed by atoms with Crippen LogP contribution in [0.25, 0.3) is 77.3 Å². The van der Waals surface area contributed by atoms with Crippen LogP contribution in [0.2, 0.25) is 0 Å². The van der Waals surface area contributed by atoms with Crippen molar-refractivity contribution in [2.45, 2.75) is 0 Å². The van der Waals surface area contributed by atoms with Gasteiger partial charge >= 0.3 is 0 Å². The lowest BCUT2D eigenvalue weighted by atomic mass is 9.95. The van der Waals surface area contributed by atoms with Gasteiger partial charge in [0, 0.05) is 50.2 Å². The summed E-state index contributed by atoms with van der Waals surface area (Å²) in [6.45, 7) is 4.49. The van der Waals surface area contributed by atoms with Gasteiger partial charge < -0.3 is 13.9 Å². The molecule has 240 valence electrons. The van der Waals surface area contributed by atoms with Crippen LogP contribution in [-0.2, 0) is 0 Å². The second-order valence-electron chi connectivity index (χ2n) is 13.1. The quantitative estimate of drug-likeness (QED) is 0.189. The Kier molecular flexibility index (Phi) is 6.65. The minimum atomic E-state index is 0.908. The molecule has 3 nitrogen and oxygen atoms in total. The normalized spacial score (nSPS) is 14.2. The maximum Gasteiger partial charge on any atom is 0.143 e. The zero-order chi connectivity index (χ0) is 33.9. The largest absolute Gasteiger partial charge is 0.455 e. The molecule has 0 unspecified atom stereocenters. The molecule has 0 radical (unpaired) electrons. The van der Waals surface area contributed by atoms with E-state index in [9.17, 15) is 0 Å². The van der Waals surface area contributed by atoms with Gasteiger partial charge in [-0.2, -0.15) is 0 Å². The van der Waals surface area contributed by atoms with Gasteiger partial charge in [0.15, 0.2) is 0 Å². The van der Waals surface area contributed by atoms with Crippen molar-refractivity contribution < 1.29 is 4.42 Å². The SMILES string of the molecule is C=C1/C=C\C=C/N(c2ccc(-c3cccc4c3oc3ccccc34)cc2)c2ccc(-c3ccc4c(c3)c3ccccc3n4-c3ccccc3)cc21. The van der Waals surface area contributed by atoms with Crippen molar-refractivity contribution in [2.75, 3.05) is 4.90 Å². The third-order valence-electron chi connectivity index (χ3n) is 10.1. The van der Waals surface area contributed by atoms with Crippen LogP contribution < -0.4 is 4.90 Å². The summed E-state index contributed by atoms with van der Waals surface area (Å²) < 4.78 is 8.70. The molecule has 0 aliphatic carbocycles. The maximum atomic E-state index is 6.35. The summed E-state index contributed by atoms with van der Waals surface area (Å²) in [4.78, 5) is 2.25. The standard InChI is InChI=1S/C48H32N2O/c1-32-12-9-10-29-49(36-25-21-33(22-26-36)38-17-11-18-41-40-16-6-8-20-47(40)51-48(38)41)44-27-23-34(30-42(32)44)35-24-28-46-43(31-35)39-15-5-7-19-45(39)50(46)37-13-3-2-4-14-37/h2-31H,1H2/b12-9-,29-10-. The lowest BCUT2D eigenvalue weighted by Gasteiger charge is -2.26. The molecule has 0 atom stereocenters. The Morgan fingerprint density at radius 3 is 2.06 bits per heavy atom. The number of para-hydroxylation sites is 4. The van der Waals surface area contributed by atoms with Crippen molar-refractivity contribution in [3.8, 4) is 27.9 Å². The molecule has 1 aliphatic heterocycles. The van der Waals surface area contributed by atoms with Crippen molar-refractivity contribution in [3.05, 3.63) is 194 Å². The Morgan fingerprint density at radius 2 is 1.18 bits per heavy atom. The van der Waals surface area contributed by atoms with Crippen LogP contribution in [0.1, 0.15) is 5.56 Å². The molecule has 0 spiro atoms. The van der Waals surface area contributed by atoms with Crippen molar-refractivity contribution in [2.24, 2.45) is 0 Å². The van der Waals surface area contributed by atoms with Crippen LogP contribution in [0.15, 0.2) is 193 Å². The van der Waals surface area contributed by atoms with Gasteiger partial charge in [-0.3, -0.25) is 0 Å². The minimum absolute atomic E-state index is 0.908. The van der Waals surface area contributed by atoms with Gasteiger partial charge in [-0.1, -0.05) is 116 Å². The van der Waals surface area contributed by atoms with E-state index in [1.54, 1.807) is 0 Å². The van der Waals surface area contributed by atoms with E-state index in [1.807, 2.05) is 12.1 Å². The number of benzene rings is 7. The Labute approximate surface area is 295 Å². The molecule has 3 heterocycles. The highest BCUT2D eigenvalue weighted by atomic mass is 16.3. The fourth-order valence-electron chi connectivity index (χ4n) is 7.67. The molecule has 51 heavy (non-hydrogen) atoms. The van der Waals surface area contributed by atoms with E-state index in [0.29, 0.717) is 0 Å². The molecule has 0 bridgehead atoms. The number of fused-ring (bicyclic) bond motifs is 7. The highest BCUT2D eigenvalue weighted by Crippen LogP contribution is 2.41. The van der Waals surface area contributed by atoms with Crippen LogP contribution in [0, 0.1) is 0 Å². The van der Waals surface area contributed by atoms with Crippen LogP contribution in [0.3, 0.4) is 0 Å². The zero-order valence-electron chi connectivity index (χ0n) is 27.8. The fraction of sp³-hybridized carbons (Fsp3) is 0. The minimum Gasteiger partial charge on any atom is -0.455 e. The monoisotopic (exact) mass is 652 g/mol. The van der Waals surface area contributed by atoms with Crippen molar-refractivity contribution in [1.29, 1.82) is 0 Å². The Morgan fingerprint density at radius 1 is 0.471 bits per heavy atom. The van der Waals surface area contributed by atoms with E-state index in [2.05, 4.69) is 186 Å². The van der Waals surface area contributed by atoms with E-state index >= 15 is 0 Å². The molecule has 3 heteroatoms. The average Bonchev–Trinajstić information content (AvgIpc) is 3.73. The van der Waals surface area contributed by atoms with E-state index in [-0.39, 0.29) is 0 Å². The van der Waals surface area contributed by atoms with E-state index in [1.165, 1.54) is 27.4 Å². The van der Waals surface area contributed by atoms with Crippen LogP contribution in [0.5, 0.6) is 0 Å². The zero-order valence-corrected chi connectivity index (χ0v) is 27.8. The highest BCUT2D eigenvalue weighted by molar-refractivity contribution is 6.11. The second-order valence-corrected chi connectivity index (χ2v) is 13.1. The molecule has 0 amide bonds. The summed E-state index contributed by atoms with van der Waals surface area (Å²) in [5.41, 5.74) is 14.1. The first-order valence-corrected chi connectivity index (χ1v) is 17.3. The molecule has 0 N–H and O–H groups in total. The molecule has 2 aromatic heterocycles. The fourth-order valence-corrected chi connectivity index (χ4v) is 7.67. The van der Waals surface area contributed by atoms with E-state index in [4.69, 9.17) is 4.42 Å².